The minimum absolute atomic E-state index is 0.116. The number of likely N-dealkylation sites (tertiary alicyclic amines) is 1. The number of hydrogen-bond acceptors (Lipinski definition) is 9. The van der Waals surface area contributed by atoms with Gasteiger partial charge in [-0.05, 0) is 63.9 Å². The molecule has 38 heavy (non-hydrogen) atoms. The summed E-state index contributed by atoms with van der Waals surface area (Å²) in [6.07, 6.45) is 4.20. The Kier molecular flexibility index (Phi) is 11.8. The number of nitrogens with one attached hydrogen (secondary N) is 2. The van der Waals surface area contributed by atoms with Crippen LogP contribution in [0.15, 0.2) is 10.6 Å². The maximum Gasteiger partial charge on any atom is 0.410 e. The van der Waals surface area contributed by atoms with E-state index in [9.17, 15) is 27.9 Å². The Morgan fingerprint density at radius 1 is 1.24 bits per heavy atom. The molecule has 0 radical (unpaired) electrons. The Balaban J connectivity index is 1.70. The fraction of sp³-hybridized carbons (Fsp3) is 0.750. The molecule has 1 aliphatic heterocycles. The van der Waals surface area contributed by atoms with E-state index in [0.29, 0.717) is 38.5 Å². The minimum atomic E-state index is -3.79. The first-order chi connectivity index (χ1) is 17.8. The van der Waals surface area contributed by atoms with Crippen molar-refractivity contribution in [3.63, 3.8) is 0 Å². The zero-order valence-electron chi connectivity index (χ0n) is 22.5. The van der Waals surface area contributed by atoms with E-state index in [1.165, 1.54) is 6.07 Å². The van der Waals surface area contributed by atoms with Gasteiger partial charge in [0.2, 0.25) is 15.8 Å². The monoisotopic (exact) mass is 560 g/mol. The van der Waals surface area contributed by atoms with Crippen molar-refractivity contribution in [2.45, 2.75) is 77.9 Å². The van der Waals surface area contributed by atoms with Gasteiger partial charge < -0.3 is 29.3 Å². The largest absolute Gasteiger partial charge is 0.480 e. The van der Waals surface area contributed by atoms with Gasteiger partial charge in [0.25, 0.3) is 11.8 Å². The summed E-state index contributed by atoms with van der Waals surface area (Å²) in [4.78, 5) is 37.6. The number of aromatic nitrogens is 1. The summed E-state index contributed by atoms with van der Waals surface area (Å²) in [5, 5.41) is 15.3. The van der Waals surface area contributed by atoms with Gasteiger partial charge in [0.15, 0.2) is 0 Å². The molecule has 0 saturated carbocycles. The molecule has 0 bridgehead atoms. The molecule has 0 spiro atoms. The fourth-order valence-electron chi connectivity index (χ4n) is 3.78. The topological polar surface area (TPSA) is 177 Å². The van der Waals surface area contributed by atoms with Gasteiger partial charge in [0.05, 0.1) is 18.4 Å². The maximum atomic E-state index is 12.3. The molecule has 13 nitrogen and oxygen atoms in total. The highest BCUT2D eigenvalue weighted by Gasteiger charge is 2.27. The number of hydrogen-bond donors (Lipinski definition) is 3. The smallest absolute Gasteiger partial charge is 0.410 e. The standard InChI is InChI=1S/C24H40N4O9S/c1-5-6-14-38(33,34)27-18(22(30)31)16-25-21(29)19-15-20(26-37-19)35-13-7-8-17-9-11-28(12-10-17)23(32)36-24(2,3)4/h15,17-18,27H,5-14,16H2,1-4H3,(H,25,29)(H,30,31)/t18-/m0/s1. The van der Waals surface area contributed by atoms with Crippen molar-refractivity contribution in [3.8, 4) is 5.88 Å². The maximum absolute atomic E-state index is 12.3. The number of carbonyl (C=O) groups excluding carboxylic acids is 2. The third-order valence-corrected chi connectivity index (χ3v) is 7.31. The molecular weight excluding hydrogens is 520 g/mol. The summed E-state index contributed by atoms with van der Waals surface area (Å²) in [5.74, 6) is -1.96. The summed E-state index contributed by atoms with van der Waals surface area (Å²) < 4.78 is 42.0. The lowest BCUT2D eigenvalue weighted by molar-refractivity contribution is -0.138. The van der Waals surface area contributed by atoms with Crippen molar-refractivity contribution in [2.75, 3.05) is 32.0 Å². The molecule has 1 aromatic heterocycles. The molecular formula is C24H40N4O9S. The molecule has 3 N–H and O–H groups in total. The molecule has 0 unspecified atom stereocenters. The number of unbranched alkanes of at least 4 members (excludes halogenated alkanes) is 1. The van der Waals surface area contributed by atoms with E-state index in [4.69, 9.17) is 14.0 Å². The second-order valence-electron chi connectivity index (χ2n) is 10.3. The first kappa shape index (κ1) is 31.3. The predicted molar refractivity (Wildman–Crippen MR) is 137 cm³/mol. The summed E-state index contributed by atoms with van der Waals surface area (Å²) in [5.41, 5.74) is -0.512. The normalized spacial score (nSPS) is 15.6. The molecule has 1 aromatic rings. The van der Waals surface area contributed by atoms with Gasteiger partial charge >= 0.3 is 12.1 Å². The molecule has 1 aliphatic rings. The van der Waals surface area contributed by atoms with Crippen molar-refractivity contribution in [1.82, 2.24) is 20.1 Å². The van der Waals surface area contributed by atoms with Gasteiger partial charge in [0, 0.05) is 19.6 Å². The van der Waals surface area contributed by atoms with Crippen molar-refractivity contribution >= 4 is 28.0 Å². The van der Waals surface area contributed by atoms with Crippen LogP contribution in [0.1, 0.15) is 76.8 Å². The summed E-state index contributed by atoms with van der Waals surface area (Å²) in [6.45, 7) is 8.57. The van der Waals surface area contributed by atoms with E-state index in [-0.39, 0.29) is 23.5 Å². The number of sulfonamides is 1. The Bertz CT molecular complexity index is 1030. The Labute approximate surface area is 223 Å². The summed E-state index contributed by atoms with van der Waals surface area (Å²) in [7, 11) is -3.79. The second kappa shape index (κ2) is 14.3. The molecule has 14 heteroatoms. The zero-order valence-corrected chi connectivity index (χ0v) is 23.3. The molecule has 2 amide bonds. The number of carboxylic acid groups (broad SMARTS) is 1. The highest BCUT2D eigenvalue weighted by molar-refractivity contribution is 7.89. The highest BCUT2D eigenvalue weighted by atomic mass is 32.2. The SMILES string of the molecule is CCCCS(=O)(=O)N[C@@H](CNC(=O)c1cc(OCCCC2CCN(C(=O)OC(C)(C)C)CC2)no1)C(=O)O. The molecule has 0 aromatic carbocycles. The van der Waals surface area contributed by atoms with Crippen molar-refractivity contribution in [2.24, 2.45) is 5.92 Å². The average Bonchev–Trinajstić information content (AvgIpc) is 3.31. The van der Waals surface area contributed by atoms with Crippen LogP contribution in [0.3, 0.4) is 0 Å². The third kappa shape index (κ3) is 11.3. The molecule has 216 valence electrons. The van der Waals surface area contributed by atoms with Gasteiger partial charge in [-0.3, -0.25) is 9.59 Å². The third-order valence-electron chi connectivity index (χ3n) is 5.84. The van der Waals surface area contributed by atoms with Crippen LogP contribution in [0, 0.1) is 5.92 Å². The number of piperidine rings is 1. The van der Waals surface area contributed by atoms with Gasteiger partial charge in [0.1, 0.15) is 11.6 Å². The average molecular weight is 561 g/mol. The fourth-order valence-corrected chi connectivity index (χ4v) is 5.19. The number of carbonyl (C=O) groups is 3. The van der Waals surface area contributed by atoms with Crippen molar-refractivity contribution < 1.29 is 41.9 Å². The first-order valence-electron chi connectivity index (χ1n) is 12.9. The minimum Gasteiger partial charge on any atom is -0.480 e. The molecule has 0 aliphatic carbocycles. The van der Waals surface area contributed by atoms with Crippen LogP contribution in [-0.2, 0) is 19.6 Å². The van der Waals surface area contributed by atoms with Crippen LogP contribution >= 0.6 is 0 Å². The van der Waals surface area contributed by atoms with Gasteiger partial charge in [-0.25, -0.2) is 13.2 Å². The van der Waals surface area contributed by atoms with E-state index in [2.05, 4.69) is 15.2 Å². The number of carboxylic acids is 1. The lowest BCUT2D eigenvalue weighted by Crippen LogP contribution is -2.48. The molecule has 2 heterocycles. The molecule has 1 saturated heterocycles. The highest BCUT2D eigenvalue weighted by Crippen LogP contribution is 2.23. The van der Waals surface area contributed by atoms with Gasteiger partial charge in [-0.1, -0.05) is 13.3 Å². The van der Waals surface area contributed by atoms with Crippen molar-refractivity contribution in [1.29, 1.82) is 0 Å². The summed E-state index contributed by atoms with van der Waals surface area (Å²) >= 11 is 0. The van der Waals surface area contributed by atoms with E-state index in [1.54, 1.807) is 4.90 Å². The number of nitrogens with zero attached hydrogens (tertiary/aromatic N) is 2. The Hall–Kier alpha value is -2.87. The number of amides is 2. The number of ether oxygens (including phenoxy) is 2. The van der Waals surface area contributed by atoms with Crippen LogP contribution in [0.25, 0.3) is 0 Å². The summed E-state index contributed by atoms with van der Waals surface area (Å²) in [6, 6.07) is -0.231. The first-order valence-corrected chi connectivity index (χ1v) is 14.5. The van der Waals surface area contributed by atoms with Crippen molar-refractivity contribution in [3.05, 3.63) is 11.8 Å². The van der Waals surface area contributed by atoms with E-state index in [0.717, 1.165) is 25.7 Å². The van der Waals surface area contributed by atoms with Crippen LogP contribution in [0.2, 0.25) is 0 Å². The van der Waals surface area contributed by atoms with E-state index < -0.39 is 40.1 Å². The van der Waals surface area contributed by atoms with Crippen LogP contribution < -0.4 is 14.8 Å². The predicted octanol–water partition coefficient (Wildman–Crippen LogP) is 2.38. The van der Waals surface area contributed by atoms with Crippen LogP contribution in [-0.4, -0.2) is 85.2 Å². The van der Waals surface area contributed by atoms with Gasteiger partial charge in [-0.2, -0.15) is 4.72 Å². The lowest BCUT2D eigenvalue weighted by Gasteiger charge is -2.33. The Morgan fingerprint density at radius 3 is 2.53 bits per heavy atom. The lowest BCUT2D eigenvalue weighted by atomic mass is 9.92. The van der Waals surface area contributed by atoms with Crippen LogP contribution in [0.4, 0.5) is 4.79 Å². The van der Waals surface area contributed by atoms with Gasteiger partial charge in [-0.15, -0.1) is 0 Å². The number of aliphatic carboxylic acids is 1. The van der Waals surface area contributed by atoms with Crippen LogP contribution in [0.5, 0.6) is 5.88 Å². The molecule has 2 rings (SSSR count). The van der Waals surface area contributed by atoms with E-state index in [1.807, 2.05) is 27.7 Å². The Morgan fingerprint density at radius 2 is 1.92 bits per heavy atom. The second-order valence-corrected chi connectivity index (χ2v) is 12.2. The molecule has 1 fully saturated rings. The molecule has 1 atom stereocenters. The quantitative estimate of drug-likeness (QED) is 0.286. The van der Waals surface area contributed by atoms with E-state index >= 15 is 0 Å². The zero-order chi connectivity index (χ0) is 28.3. The number of rotatable bonds is 14.